The van der Waals surface area contributed by atoms with Gasteiger partial charge in [-0.2, -0.15) is 5.10 Å². The summed E-state index contributed by atoms with van der Waals surface area (Å²) in [5.74, 6) is 1.90. The fourth-order valence-electron chi connectivity index (χ4n) is 4.33. The number of thioether (sulfide) groups is 1. The van der Waals surface area contributed by atoms with Gasteiger partial charge in [0.05, 0.1) is 18.0 Å². The molecule has 3 aromatic heterocycles. The van der Waals surface area contributed by atoms with Crippen LogP contribution in [-0.4, -0.2) is 31.4 Å². The summed E-state index contributed by atoms with van der Waals surface area (Å²) >= 11 is 3.31. The molecule has 0 atom stereocenters. The summed E-state index contributed by atoms with van der Waals surface area (Å²) in [4.78, 5) is 24.4. The SMILES string of the molecule is Cc1nc(SCC(=O)Nc2ccnn2C2CCCC2)c2c3c(sc2n1)CCC3. The van der Waals surface area contributed by atoms with Crippen LogP contribution in [0.15, 0.2) is 17.3 Å². The van der Waals surface area contributed by atoms with Gasteiger partial charge < -0.3 is 5.32 Å². The van der Waals surface area contributed by atoms with E-state index in [9.17, 15) is 4.79 Å². The van der Waals surface area contributed by atoms with Gasteiger partial charge in [-0.1, -0.05) is 24.6 Å². The first-order chi connectivity index (χ1) is 13.7. The van der Waals surface area contributed by atoms with Crippen LogP contribution in [0.2, 0.25) is 0 Å². The van der Waals surface area contributed by atoms with Gasteiger partial charge >= 0.3 is 0 Å². The molecule has 2 aliphatic rings. The average molecular weight is 414 g/mol. The zero-order valence-corrected chi connectivity index (χ0v) is 17.5. The normalized spacial score (nSPS) is 16.8. The smallest absolute Gasteiger partial charge is 0.235 e. The van der Waals surface area contributed by atoms with E-state index in [0.717, 1.165) is 47.2 Å². The molecule has 5 rings (SSSR count). The molecular weight excluding hydrogens is 390 g/mol. The number of fused-ring (bicyclic) bond motifs is 3. The van der Waals surface area contributed by atoms with Crippen LogP contribution >= 0.6 is 23.1 Å². The van der Waals surface area contributed by atoms with Gasteiger partial charge in [-0.3, -0.25) is 4.79 Å². The van der Waals surface area contributed by atoms with Gasteiger partial charge in [0.1, 0.15) is 21.5 Å². The summed E-state index contributed by atoms with van der Waals surface area (Å²) in [5.41, 5.74) is 1.40. The van der Waals surface area contributed by atoms with Crippen molar-refractivity contribution in [3.8, 4) is 0 Å². The Bertz CT molecular complexity index is 1030. The Morgan fingerprint density at radius 1 is 1.29 bits per heavy atom. The van der Waals surface area contributed by atoms with Crippen molar-refractivity contribution in [2.45, 2.75) is 62.9 Å². The molecule has 28 heavy (non-hydrogen) atoms. The van der Waals surface area contributed by atoms with Crippen molar-refractivity contribution in [2.75, 3.05) is 11.1 Å². The molecule has 3 aromatic rings. The lowest BCUT2D eigenvalue weighted by molar-refractivity contribution is -0.113. The maximum absolute atomic E-state index is 12.6. The number of rotatable bonds is 5. The first-order valence-corrected chi connectivity index (χ1v) is 11.7. The number of anilines is 1. The highest BCUT2D eigenvalue weighted by Crippen LogP contribution is 2.40. The van der Waals surface area contributed by atoms with Gasteiger partial charge in [0.15, 0.2) is 0 Å². The molecule has 8 heteroatoms. The number of hydrogen-bond acceptors (Lipinski definition) is 6. The molecule has 0 saturated heterocycles. The lowest BCUT2D eigenvalue weighted by atomic mass is 10.2. The number of carbonyl (C=O) groups excluding carboxylic acids is 1. The van der Waals surface area contributed by atoms with Crippen molar-refractivity contribution in [1.82, 2.24) is 19.7 Å². The van der Waals surface area contributed by atoms with Crippen molar-refractivity contribution >= 4 is 45.0 Å². The molecular formula is C20H23N5OS2. The van der Waals surface area contributed by atoms with Gasteiger partial charge in [0.2, 0.25) is 5.91 Å². The minimum Gasteiger partial charge on any atom is -0.310 e. The second-order valence-electron chi connectivity index (χ2n) is 7.55. The van der Waals surface area contributed by atoms with E-state index in [-0.39, 0.29) is 5.91 Å². The van der Waals surface area contributed by atoms with Gasteiger partial charge in [-0.05, 0) is 44.6 Å². The summed E-state index contributed by atoms with van der Waals surface area (Å²) < 4.78 is 1.98. The van der Waals surface area contributed by atoms with Gasteiger partial charge in [0, 0.05) is 16.3 Å². The molecule has 3 heterocycles. The van der Waals surface area contributed by atoms with Gasteiger partial charge in [-0.25, -0.2) is 14.6 Å². The molecule has 0 aliphatic heterocycles. The minimum atomic E-state index is -0.0129. The van der Waals surface area contributed by atoms with E-state index < -0.39 is 0 Å². The summed E-state index contributed by atoms with van der Waals surface area (Å²) in [7, 11) is 0. The Balaban J connectivity index is 1.32. The third-order valence-electron chi connectivity index (χ3n) is 5.59. The van der Waals surface area contributed by atoms with Crippen LogP contribution < -0.4 is 5.32 Å². The molecule has 1 N–H and O–H groups in total. The van der Waals surface area contributed by atoms with E-state index in [0.29, 0.717) is 11.8 Å². The Hall–Kier alpha value is -1.93. The van der Waals surface area contributed by atoms with E-state index in [2.05, 4.69) is 20.4 Å². The minimum absolute atomic E-state index is 0.0129. The van der Waals surface area contributed by atoms with Crippen LogP contribution in [-0.2, 0) is 17.6 Å². The second kappa shape index (κ2) is 7.48. The molecule has 1 amide bonds. The first-order valence-electron chi connectivity index (χ1n) is 9.94. The zero-order valence-electron chi connectivity index (χ0n) is 15.9. The van der Waals surface area contributed by atoms with Crippen molar-refractivity contribution < 1.29 is 4.79 Å². The molecule has 0 spiro atoms. The van der Waals surface area contributed by atoms with Gasteiger partial charge in [-0.15, -0.1) is 11.3 Å². The third kappa shape index (κ3) is 3.33. The highest BCUT2D eigenvalue weighted by atomic mass is 32.2. The van der Waals surface area contributed by atoms with Crippen LogP contribution in [0.5, 0.6) is 0 Å². The average Bonchev–Trinajstić information content (AvgIpc) is 3.42. The number of hydrogen-bond donors (Lipinski definition) is 1. The fourth-order valence-corrected chi connectivity index (χ4v) is 6.61. The van der Waals surface area contributed by atoms with Crippen LogP contribution in [0.1, 0.15) is 54.4 Å². The summed E-state index contributed by atoms with van der Waals surface area (Å²) in [6.45, 7) is 1.93. The summed E-state index contributed by atoms with van der Waals surface area (Å²) in [5, 5.41) is 9.60. The summed E-state index contributed by atoms with van der Waals surface area (Å²) in [6, 6.07) is 2.30. The Labute approximate surface area is 172 Å². The topological polar surface area (TPSA) is 72.7 Å². The van der Waals surface area contributed by atoms with Crippen molar-refractivity contribution in [1.29, 1.82) is 0 Å². The van der Waals surface area contributed by atoms with Crippen molar-refractivity contribution in [2.24, 2.45) is 0 Å². The summed E-state index contributed by atoms with van der Waals surface area (Å²) in [6.07, 6.45) is 9.98. The first kappa shape index (κ1) is 18.1. The molecule has 1 fully saturated rings. The van der Waals surface area contributed by atoms with Crippen LogP contribution in [0, 0.1) is 6.92 Å². The molecule has 0 unspecified atom stereocenters. The molecule has 2 aliphatic carbocycles. The highest BCUT2D eigenvalue weighted by molar-refractivity contribution is 8.00. The van der Waals surface area contributed by atoms with Crippen molar-refractivity contribution in [3.63, 3.8) is 0 Å². The Morgan fingerprint density at radius 2 is 2.14 bits per heavy atom. The van der Waals surface area contributed by atoms with Crippen LogP contribution in [0.3, 0.4) is 0 Å². The number of amides is 1. The van der Waals surface area contributed by atoms with Crippen LogP contribution in [0.25, 0.3) is 10.2 Å². The number of carbonyl (C=O) groups is 1. The maximum atomic E-state index is 12.6. The molecule has 1 saturated carbocycles. The molecule has 146 valence electrons. The number of nitrogens with zero attached hydrogens (tertiary/aromatic N) is 4. The molecule has 0 radical (unpaired) electrons. The van der Waals surface area contributed by atoms with E-state index in [1.165, 1.54) is 46.9 Å². The number of aryl methyl sites for hydroxylation is 3. The van der Waals surface area contributed by atoms with Crippen LogP contribution in [0.4, 0.5) is 5.82 Å². The predicted molar refractivity (Wildman–Crippen MR) is 113 cm³/mol. The largest absolute Gasteiger partial charge is 0.310 e. The van der Waals surface area contributed by atoms with Crippen molar-refractivity contribution in [3.05, 3.63) is 28.5 Å². The second-order valence-corrected chi connectivity index (χ2v) is 9.60. The standard InChI is InChI=1S/C20H23N5OS2/c1-12-22-19(18-14-7-4-8-15(14)28-20(18)23-12)27-11-17(26)24-16-9-10-21-25(16)13-5-2-3-6-13/h9-10,13H,2-8,11H2,1H3,(H,24,26). The zero-order chi connectivity index (χ0) is 19.1. The predicted octanol–water partition coefficient (Wildman–Crippen LogP) is 4.53. The monoisotopic (exact) mass is 413 g/mol. The van der Waals surface area contributed by atoms with E-state index >= 15 is 0 Å². The Kier molecular flexibility index (Phi) is 4.84. The van der Waals surface area contributed by atoms with Gasteiger partial charge in [0.25, 0.3) is 0 Å². The third-order valence-corrected chi connectivity index (χ3v) is 7.75. The maximum Gasteiger partial charge on any atom is 0.235 e. The number of aromatic nitrogens is 4. The molecule has 0 bridgehead atoms. The van der Waals surface area contributed by atoms with E-state index in [4.69, 9.17) is 0 Å². The quantitative estimate of drug-likeness (QED) is 0.491. The number of nitrogens with one attached hydrogen (secondary N) is 1. The lowest BCUT2D eigenvalue weighted by Crippen LogP contribution is -2.19. The fraction of sp³-hybridized carbons (Fsp3) is 0.500. The number of thiophene rings is 1. The molecule has 6 nitrogen and oxygen atoms in total. The highest BCUT2D eigenvalue weighted by Gasteiger charge is 2.23. The Morgan fingerprint density at radius 3 is 3.00 bits per heavy atom. The van der Waals surface area contributed by atoms with E-state index in [1.54, 1.807) is 17.5 Å². The molecule has 0 aromatic carbocycles. The van der Waals surface area contributed by atoms with E-state index in [1.807, 2.05) is 17.7 Å². The lowest BCUT2D eigenvalue weighted by Gasteiger charge is -2.14.